The minimum absolute atomic E-state index is 0.188. The van der Waals surface area contributed by atoms with Gasteiger partial charge in [0.1, 0.15) is 0 Å². The predicted molar refractivity (Wildman–Crippen MR) is 97.8 cm³/mol. The van der Waals surface area contributed by atoms with Crippen molar-refractivity contribution in [2.75, 3.05) is 13.1 Å². The highest BCUT2D eigenvalue weighted by Crippen LogP contribution is 2.17. The molecule has 1 saturated heterocycles. The minimum atomic E-state index is -0.367. The second kappa shape index (κ2) is 11.5. The molecule has 1 aliphatic carbocycles. The molecule has 0 aromatic rings. The maximum absolute atomic E-state index is 12.4. The van der Waals surface area contributed by atoms with Gasteiger partial charge in [0, 0.05) is 19.1 Å². The fraction of sp³-hybridized carbons (Fsp3) is 0.900. The topological polar surface area (TPSA) is 49.4 Å². The monoisotopic (exact) mass is 336 g/mol. The molecule has 4 nitrogen and oxygen atoms in total. The summed E-state index contributed by atoms with van der Waals surface area (Å²) in [5.41, 5.74) is 0. The highest BCUT2D eigenvalue weighted by atomic mass is 16.2. The third kappa shape index (κ3) is 7.23. The lowest BCUT2D eigenvalue weighted by molar-refractivity contribution is -0.146. The van der Waals surface area contributed by atoms with Crippen LogP contribution in [0.3, 0.4) is 0 Å². The molecule has 0 atom stereocenters. The molecule has 2 rings (SSSR count). The van der Waals surface area contributed by atoms with Crippen molar-refractivity contribution in [1.82, 2.24) is 10.2 Å². The number of nitrogens with zero attached hydrogens (tertiary/aromatic N) is 1. The summed E-state index contributed by atoms with van der Waals surface area (Å²) < 4.78 is 0. The Morgan fingerprint density at radius 1 is 0.625 bits per heavy atom. The van der Waals surface area contributed by atoms with Crippen LogP contribution in [0.1, 0.15) is 96.3 Å². The summed E-state index contributed by atoms with van der Waals surface area (Å²) in [6.07, 6.45) is 18.0. The summed E-state index contributed by atoms with van der Waals surface area (Å²) >= 11 is 0. The fourth-order valence-corrected chi connectivity index (χ4v) is 3.97. The van der Waals surface area contributed by atoms with Crippen LogP contribution in [0.5, 0.6) is 0 Å². The molecule has 138 valence electrons. The zero-order chi connectivity index (χ0) is 17.0. The van der Waals surface area contributed by atoms with Gasteiger partial charge in [-0.25, -0.2) is 0 Å². The molecule has 0 aromatic carbocycles. The van der Waals surface area contributed by atoms with Crippen LogP contribution in [0.25, 0.3) is 0 Å². The highest BCUT2D eigenvalue weighted by Gasteiger charge is 2.24. The third-order valence-corrected chi connectivity index (χ3v) is 5.53. The highest BCUT2D eigenvalue weighted by molar-refractivity contribution is 6.35. The number of carbonyl (C=O) groups is 2. The van der Waals surface area contributed by atoms with Gasteiger partial charge in [-0.15, -0.1) is 0 Å². The van der Waals surface area contributed by atoms with Crippen LogP contribution in [-0.2, 0) is 9.59 Å². The van der Waals surface area contributed by atoms with E-state index >= 15 is 0 Å². The van der Waals surface area contributed by atoms with Crippen LogP contribution >= 0.6 is 0 Å². The molecule has 0 radical (unpaired) electrons. The van der Waals surface area contributed by atoms with Gasteiger partial charge in [0.05, 0.1) is 0 Å². The average molecular weight is 337 g/mol. The summed E-state index contributed by atoms with van der Waals surface area (Å²) in [5, 5.41) is 3.06. The van der Waals surface area contributed by atoms with E-state index in [4.69, 9.17) is 0 Å². The maximum Gasteiger partial charge on any atom is 0.311 e. The first kappa shape index (κ1) is 19.3. The SMILES string of the molecule is O=C(NC1CCCCCCCCCCC1)C(=O)N1CCCCCC1. The summed E-state index contributed by atoms with van der Waals surface area (Å²) in [7, 11) is 0. The predicted octanol–water partition coefficient (Wildman–Crippen LogP) is 4.18. The first-order valence-corrected chi connectivity index (χ1v) is 10.4. The number of hydrogen-bond donors (Lipinski definition) is 1. The molecule has 1 saturated carbocycles. The Kier molecular flexibility index (Phi) is 9.22. The number of rotatable bonds is 1. The number of likely N-dealkylation sites (tertiary alicyclic amines) is 1. The van der Waals surface area contributed by atoms with E-state index in [2.05, 4.69) is 5.32 Å². The molecule has 1 aliphatic heterocycles. The molecule has 1 heterocycles. The van der Waals surface area contributed by atoms with E-state index in [9.17, 15) is 9.59 Å². The van der Waals surface area contributed by atoms with Crippen LogP contribution in [0.4, 0.5) is 0 Å². The summed E-state index contributed by atoms with van der Waals surface area (Å²) in [5.74, 6) is -0.669. The first-order chi connectivity index (χ1) is 11.8. The normalized spacial score (nSPS) is 22.8. The number of nitrogens with one attached hydrogen (secondary N) is 1. The van der Waals surface area contributed by atoms with Gasteiger partial charge in [-0.1, -0.05) is 70.6 Å². The summed E-state index contributed by atoms with van der Waals surface area (Å²) in [6.45, 7) is 1.49. The molecule has 2 aliphatic rings. The molecule has 4 heteroatoms. The Bertz CT molecular complexity index is 364. The van der Waals surface area contributed by atoms with E-state index in [1.54, 1.807) is 4.90 Å². The summed E-state index contributed by atoms with van der Waals surface area (Å²) in [6, 6.07) is 0.188. The van der Waals surface area contributed by atoms with E-state index in [0.717, 1.165) is 38.8 Å². The molecule has 0 spiro atoms. The van der Waals surface area contributed by atoms with Gasteiger partial charge in [0.15, 0.2) is 0 Å². The molecule has 1 N–H and O–H groups in total. The zero-order valence-electron chi connectivity index (χ0n) is 15.4. The van der Waals surface area contributed by atoms with Crippen molar-refractivity contribution in [2.45, 2.75) is 102 Å². The van der Waals surface area contributed by atoms with Gasteiger partial charge in [0.2, 0.25) is 0 Å². The largest absolute Gasteiger partial charge is 0.345 e. The van der Waals surface area contributed by atoms with Crippen molar-refractivity contribution in [3.63, 3.8) is 0 Å². The molecule has 0 bridgehead atoms. The van der Waals surface area contributed by atoms with Crippen LogP contribution in [0.2, 0.25) is 0 Å². The zero-order valence-corrected chi connectivity index (χ0v) is 15.4. The molecule has 24 heavy (non-hydrogen) atoms. The molecular formula is C20H36N2O2. The Morgan fingerprint density at radius 2 is 1.04 bits per heavy atom. The molecule has 0 aromatic heterocycles. The van der Waals surface area contributed by atoms with Crippen LogP contribution in [0, 0.1) is 0 Å². The van der Waals surface area contributed by atoms with E-state index in [0.29, 0.717) is 0 Å². The van der Waals surface area contributed by atoms with E-state index in [1.807, 2.05) is 0 Å². The van der Waals surface area contributed by atoms with E-state index < -0.39 is 0 Å². The van der Waals surface area contributed by atoms with Crippen molar-refractivity contribution in [1.29, 1.82) is 0 Å². The van der Waals surface area contributed by atoms with Gasteiger partial charge in [-0.2, -0.15) is 0 Å². The Labute approximate surface area is 147 Å². The number of hydrogen-bond acceptors (Lipinski definition) is 2. The van der Waals surface area contributed by atoms with Crippen molar-refractivity contribution in [3.05, 3.63) is 0 Å². The Hall–Kier alpha value is -1.06. The molecule has 2 amide bonds. The lowest BCUT2D eigenvalue weighted by atomic mass is 9.98. The number of amides is 2. The summed E-state index contributed by atoms with van der Waals surface area (Å²) in [4.78, 5) is 26.6. The van der Waals surface area contributed by atoms with Crippen molar-refractivity contribution in [3.8, 4) is 0 Å². The smallest absolute Gasteiger partial charge is 0.311 e. The standard InChI is InChI=1S/C20H36N2O2/c23-19(20(24)22-16-12-8-9-13-17-22)21-18-14-10-6-4-2-1-3-5-7-11-15-18/h18H,1-17H2,(H,21,23). The van der Waals surface area contributed by atoms with E-state index in [1.165, 1.54) is 70.6 Å². The van der Waals surface area contributed by atoms with Crippen molar-refractivity contribution >= 4 is 11.8 Å². The second-order valence-corrected chi connectivity index (χ2v) is 7.64. The fourth-order valence-electron chi connectivity index (χ4n) is 3.97. The first-order valence-electron chi connectivity index (χ1n) is 10.4. The molecule has 0 unspecified atom stereocenters. The molecule has 2 fully saturated rings. The lowest BCUT2D eigenvalue weighted by Crippen LogP contribution is -2.46. The van der Waals surface area contributed by atoms with Gasteiger partial charge in [-0.05, 0) is 25.7 Å². The van der Waals surface area contributed by atoms with Crippen LogP contribution in [-0.4, -0.2) is 35.8 Å². The van der Waals surface area contributed by atoms with Crippen molar-refractivity contribution in [2.24, 2.45) is 0 Å². The van der Waals surface area contributed by atoms with Crippen LogP contribution in [0.15, 0.2) is 0 Å². The second-order valence-electron chi connectivity index (χ2n) is 7.64. The van der Waals surface area contributed by atoms with Gasteiger partial charge >= 0.3 is 11.8 Å². The van der Waals surface area contributed by atoms with Gasteiger partial charge in [-0.3, -0.25) is 9.59 Å². The van der Waals surface area contributed by atoms with Crippen LogP contribution < -0.4 is 5.32 Å². The van der Waals surface area contributed by atoms with Gasteiger partial charge < -0.3 is 10.2 Å². The minimum Gasteiger partial charge on any atom is -0.345 e. The quantitative estimate of drug-likeness (QED) is 0.730. The van der Waals surface area contributed by atoms with Gasteiger partial charge in [0.25, 0.3) is 0 Å². The Balaban J connectivity index is 1.80. The van der Waals surface area contributed by atoms with Crippen molar-refractivity contribution < 1.29 is 9.59 Å². The van der Waals surface area contributed by atoms with E-state index in [-0.39, 0.29) is 17.9 Å². The number of carbonyl (C=O) groups excluding carboxylic acids is 2. The maximum atomic E-state index is 12.4. The lowest BCUT2D eigenvalue weighted by Gasteiger charge is -2.23. The molecular weight excluding hydrogens is 300 g/mol. The Morgan fingerprint density at radius 3 is 1.54 bits per heavy atom. The average Bonchev–Trinajstić information content (AvgIpc) is 2.86. The third-order valence-electron chi connectivity index (χ3n) is 5.53.